The third-order valence-electron chi connectivity index (χ3n) is 2.22. The van der Waals surface area contributed by atoms with Crippen molar-refractivity contribution in [1.29, 1.82) is 0 Å². The second kappa shape index (κ2) is 3.18. The Hall–Kier alpha value is -0.0800. The van der Waals surface area contributed by atoms with Crippen LogP contribution in [0.25, 0.3) is 0 Å². The van der Waals surface area contributed by atoms with Gasteiger partial charge in [0.25, 0.3) is 0 Å². The maximum atomic E-state index is 8.82. The van der Waals surface area contributed by atoms with Crippen molar-refractivity contribution in [3.63, 3.8) is 0 Å². The van der Waals surface area contributed by atoms with Gasteiger partial charge in [0.15, 0.2) is 0 Å². The zero-order valence-electron chi connectivity index (χ0n) is 5.93. The molecule has 0 aromatic heterocycles. The first-order valence-corrected chi connectivity index (χ1v) is 3.66. The molecule has 0 radical (unpaired) electrons. The molecule has 1 aliphatic rings. The highest BCUT2D eigenvalue weighted by atomic mass is 16.3. The Kier molecular flexibility index (Phi) is 2.49. The van der Waals surface area contributed by atoms with E-state index in [0.717, 1.165) is 13.1 Å². The van der Waals surface area contributed by atoms with Gasteiger partial charge in [-0.3, -0.25) is 0 Å². The van der Waals surface area contributed by atoms with E-state index in [0.29, 0.717) is 18.4 Å². The first-order valence-electron chi connectivity index (χ1n) is 3.66. The predicted octanol–water partition coefficient (Wildman–Crippen LogP) is 0.224. The average molecular weight is 129 g/mol. The van der Waals surface area contributed by atoms with E-state index >= 15 is 0 Å². The fourth-order valence-corrected chi connectivity index (χ4v) is 1.30. The second-order valence-electron chi connectivity index (χ2n) is 2.91. The fourth-order valence-electron chi connectivity index (χ4n) is 1.30. The minimum absolute atomic E-state index is 0.341. The normalized spacial score (nSPS) is 36.7. The van der Waals surface area contributed by atoms with Gasteiger partial charge in [0.2, 0.25) is 0 Å². The van der Waals surface area contributed by atoms with Crippen LogP contribution in [0.4, 0.5) is 0 Å². The van der Waals surface area contributed by atoms with Crippen LogP contribution in [0.2, 0.25) is 0 Å². The van der Waals surface area contributed by atoms with Gasteiger partial charge in [-0.2, -0.15) is 0 Å². The van der Waals surface area contributed by atoms with E-state index < -0.39 is 0 Å². The van der Waals surface area contributed by atoms with Crippen molar-refractivity contribution in [3.8, 4) is 0 Å². The highest BCUT2D eigenvalue weighted by Crippen LogP contribution is 2.16. The van der Waals surface area contributed by atoms with Gasteiger partial charge in [-0.25, -0.2) is 0 Å². The Bertz CT molecular complexity index is 85.0. The smallest absolute Gasteiger partial charge is 0.0473 e. The summed E-state index contributed by atoms with van der Waals surface area (Å²) >= 11 is 0. The number of rotatable bonds is 1. The molecular weight excluding hydrogens is 114 g/mol. The highest BCUT2D eigenvalue weighted by Gasteiger charge is 2.19. The molecule has 1 rings (SSSR count). The molecule has 1 aliphatic heterocycles. The van der Waals surface area contributed by atoms with Crippen LogP contribution in [0.5, 0.6) is 0 Å². The summed E-state index contributed by atoms with van der Waals surface area (Å²) in [6, 6.07) is 0. The molecule has 2 atom stereocenters. The van der Waals surface area contributed by atoms with Gasteiger partial charge in [-0.05, 0) is 24.8 Å². The molecule has 0 spiro atoms. The molecule has 1 heterocycles. The number of hydrogen-bond donors (Lipinski definition) is 2. The zero-order valence-corrected chi connectivity index (χ0v) is 5.93. The SMILES string of the molecule is C[C@@H]1CCNC[C@@H]1CO. The lowest BCUT2D eigenvalue weighted by molar-refractivity contribution is 0.155. The van der Waals surface area contributed by atoms with Crippen molar-refractivity contribution in [2.24, 2.45) is 11.8 Å². The number of aliphatic hydroxyl groups excluding tert-OH is 1. The van der Waals surface area contributed by atoms with Crippen LogP contribution in [0.1, 0.15) is 13.3 Å². The number of nitrogens with one attached hydrogen (secondary N) is 1. The third-order valence-corrected chi connectivity index (χ3v) is 2.22. The molecule has 0 aromatic rings. The van der Waals surface area contributed by atoms with Gasteiger partial charge in [-0.15, -0.1) is 0 Å². The monoisotopic (exact) mass is 129 g/mol. The first-order chi connectivity index (χ1) is 4.34. The molecule has 54 valence electrons. The Morgan fingerprint density at radius 2 is 2.44 bits per heavy atom. The summed E-state index contributed by atoms with van der Waals surface area (Å²) < 4.78 is 0. The predicted molar refractivity (Wildman–Crippen MR) is 37.2 cm³/mol. The summed E-state index contributed by atoms with van der Waals surface area (Å²) in [5, 5.41) is 12.1. The molecule has 0 saturated carbocycles. The Morgan fingerprint density at radius 1 is 1.67 bits per heavy atom. The van der Waals surface area contributed by atoms with Gasteiger partial charge >= 0.3 is 0 Å². The summed E-state index contributed by atoms with van der Waals surface area (Å²) in [5.74, 6) is 1.20. The summed E-state index contributed by atoms with van der Waals surface area (Å²) in [5.41, 5.74) is 0. The van der Waals surface area contributed by atoms with Crippen LogP contribution in [0, 0.1) is 11.8 Å². The lowest BCUT2D eigenvalue weighted by Gasteiger charge is -2.27. The van der Waals surface area contributed by atoms with Crippen molar-refractivity contribution < 1.29 is 5.11 Å². The molecule has 1 saturated heterocycles. The van der Waals surface area contributed by atoms with Crippen molar-refractivity contribution in [2.75, 3.05) is 19.7 Å². The van der Waals surface area contributed by atoms with Crippen molar-refractivity contribution >= 4 is 0 Å². The first kappa shape index (κ1) is 7.03. The lowest BCUT2D eigenvalue weighted by atomic mass is 9.89. The van der Waals surface area contributed by atoms with Crippen LogP contribution in [0.15, 0.2) is 0 Å². The molecule has 9 heavy (non-hydrogen) atoms. The van der Waals surface area contributed by atoms with Crippen molar-refractivity contribution in [3.05, 3.63) is 0 Å². The minimum Gasteiger partial charge on any atom is -0.396 e. The van der Waals surface area contributed by atoms with Crippen LogP contribution in [-0.4, -0.2) is 24.8 Å². The maximum Gasteiger partial charge on any atom is 0.0473 e. The van der Waals surface area contributed by atoms with Crippen molar-refractivity contribution in [1.82, 2.24) is 5.32 Å². The van der Waals surface area contributed by atoms with Gasteiger partial charge < -0.3 is 10.4 Å². The summed E-state index contributed by atoms with van der Waals surface area (Å²) in [6.07, 6.45) is 1.21. The van der Waals surface area contributed by atoms with E-state index in [1.807, 2.05) is 0 Å². The Morgan fingerprint density at radius 3 is 2.89 bits per heavy atom. The molecule has 2 heteroatoms. The maximum absolute atomic E-state index is 8.82. The molecule has 0 bridgehead atoms. The van der Waals surface area contributed by atoms with E-state index in [2.05, 4.69) is 12.2 Å². The second-order valence-corrected chi connectivity index (χ2v) is 2.91. The highest BCUT2D eigenvalue weighted by molar-refractivity contribution is 4.73. The zero-order chi connectivity index (χ0) is 6.69. The molecule has 2 nitrogen and oxygen atoms in total. The summed E-state index contributed by atoms with van der Waals surface area (Å²) in [4.78, 5) is 0. The number of piperidine rings is 1. The number of hydrogen-bond acceptors (Lipinski definition) is 2. The average Bonchev–Trinajstić information content (AvgIpc) is 1.89. The van der Waals surface area contributed by atoms with E-state index in [9.17, 15) is 0 Å². The van der Waals surface area contributed by atoms with Gasteiger partial charge in [0, 0.05) is 13.2 Å². The van der Waals surface area contributed by atoms with E-state index in [1.54, 1.807) is 0 Å². The standard InChI is InChI=1S/C7H15NO/c1-6-2-3-8-4-7(6)5-9/h6-9H,2-5H2,1H3/t6-,7-/m1/s1. The minimum atomic E-state index is 0.341. The Balaban J connectivity index is 2.30. The largest absolute Gasteiger partial charge is 0.396 e. The van der Waals surface area contributed by atoms with E-state index in [4.69, 9.17) is 5.11 Å². The van der Waals surface area contributed by atoms with E-state index in [1.165, 1.54) is 6.42 Å². The van der Waals surface area contributed by atoms with Crippen molar-refractivity contribution in [2.45, 2.75) is 13.3 Å². The van der Waals surface area contributed by atoms with E-state index in [-0.39, 0.29) is 0 Å². The molecular formula is C7H15NO. The molecule has 0 amide bonds. The summed E-state index contributed by atoms with van der Waals surface area (Å²) in [7, 11) is 0. The van der Waals surface area contributed by atoms with Crippen LogP contribution in [0.3, 0.4) is 0 Å². The van der Waals surface area contributed by atoms with Gasteiger partial charge in [0.1, 0.15) is 0 Å². The van der Waals surface area contributed by atoms with Gasteiger partial charge in [0.05, 0.1) is 0 Å². The molecule has 0 unspecified atom stereocenters. The molecule has 2 N–H and O–H groups in total. The number of aliphatic hydroxyl groups is 1. The molecule has 1 fully saturated rings. The molecule has 0 aliphatic carbocycles. The van der Waals surface area contributed by atoms with Crippen LogP contribution >= 0.6 is 0 Å². The quantitative estimate of drug-likeness (QED) is 0.531. The van der Waals surface area contributed by atoms with Gasteiger partial charge in [-0.1, -0.05) is 6.92 Å². The van der Waals surface area contributed by atoms with Crippen LogP contribution < -0.4 is 5.32 Å². The lowest BCUT2D eigenvalue weighted by Crippen LogP contribution is -2.37. The fraction of sp³-hybridized carbons (Fsp3) is 1.00. The van der Waals surface area contributed by atoms with Crippen LogP contribution in [-0.2, 0) is 0 Å². The summed E-state index contributed by atoms with van der Waals surface area (Å²) in [6.45, 7) is 4.67. The molecule has 0 aromatic carbocycles. The third kappa shape index (κ3) is 1.66. The topological polar surface area (TPSA) is 32.3 Å². The Labute approximate surface area is 56.3 Å².